The summed E-state index contributed by atoms with van der Waals surface area (Å²) >= 11 is 0. The van der Waals surface area contributed by atoms with E-state index in [0.29, 0.717) is 0 Å². The van der Waals surface area contributed by atoms with Crippen LogP contribution in [0.3, 0.4) is 0 Å². The lowest BCUT2D eigenvalue weighted by molar-refractivity contribution is -0.385. The van der Waals surface area contributed by atoms with E-state index in [1.54, 1.807) is 6.92 Å². The molecule has 0 spiro atoms. The molecule has 116 valence electrons. The van der Waals surface area contributed by atoms with Crippen LogP contribution < -0.4 is 10.2 Å². The lowest BCUT2D eigenvalue weighted by Crippen LogP contribution is -2.30. The van der Waals surface area contributed by atoms with Gasteiger partial charge in [-0.1, -0.05) is 6.07 Å². The van der Waals surface area contributed by atoms with Crippen molar-refractivity contribution in [3.63, 3.8) is 0 Å². The normalized spacial score (nSPS) is 11.0. The van der Waals surface area contributed by atoms with E-state index in [4.69, 9.17) is 4.74 Å². The highest BCUT2D eigenvalue weighted by atomic mass is 19.4. The summed E-state index contributed by atoms with van der Waals surface area (Å²) in [5, 5.41) is 10.9. The minimum absolute atomic E-state index is 0.116. The predicted octanol–water partition coefficient (Wildman–Crippen LogP) is 2.22. The molecule has 0 aliphatic carbocycles. The molecule has 1 rings (SSSR count). The molecule has 0 aliphatic rings. The van der Waals surface area contributed by atoms with E-state index >= 15 is 0 Å². The summed E-state index contributed by atoms with van der Waals surface area (Å²) in [6.45, 7) is -0.0190. The molecule has 1 N–H and O–H groups in total. The van der Waals surface area contributed by atoms with Gasteiger partial charge in [-0.25, -0.2) is 5.48 Å². The number of nitro groups is 1. The lowest BCUT2D eigenvalue weighted by Gasteiger charge is -2.11. The third kappa shape index (κ3) is 4.91. The molecule has 0 radical (unpaired) electrons. The number of carbonyl (C=O) groups excluding carboxylic acids is 1. The molecule has 0 saturated carbocycles. The summed E-state index contributed by atoms with van der Waals surface area (Å²) in [4.78, 5) is 25.8. The molecule has 0 fully saturated rings. The molecule has 1 amide bonds. The standard InChI is InChI=1S/C11H11F3N2O5/c1-2-20-8-5-3-4-7(16(18)19)9(8)10(17)15-21-6-11(12,13)14/h3-5H,2,6H2,1H3,(H,15,17). The summed E-state index contributed by atoms with van der Waals surface area (Å²) in [5.41, 5.74) is 0.396. The number of halogens is 3. The van der Waals surface area contributed by atoms with Gasteiger partial charge in [0.15, 0.2) is 12.2 Å². The number of hydrogen-bond acceptors (Lipinski definition) is 5. The van der Waals surface area contributed by atoms with E-state index in [-0.39, 0.29) is 12.4 Å². The van der Waals surface area contributed by atoms with Crippen molar-refractivity contribution in [1.29, 1.82) is 0 Å². The smallest absolute Gasteiger partial charge is 0.414 e. The van der Waals surface area contributed by atoms with Crippen molar-refractivity contribution in [2.75, 3.05) is 13.2 Å². The maximum atomic E-state index is 11.9. The van der Waals surface area contributed by atoms with Crippen LogP contribution in [0.25, 0.3) is 0 Å². The Balaban J connectivity index is 2.97. The minimum Gasteiger partial charge on any atom is -0.493 e. The van der Waals surface area contributed by atoms with Gasteiger partial charge in [-0.15, -0.1) is 0 Å². The zero-order valence-corrected chi connectivity index (χ0v) is 10.8. The summed E-state index contributed by atoms with van der Waals surface area (Å²) in [6.07, 6.45) is -4.64. The number of hydroxylamine groups is 1. The molecule has 0 unspecified atom stereocenters. The number of alkyl halides is 3. The van der Waals surface area contributed by atoms with Gasteiger partial charge in [0.05, 0.1) is 11.5 Å². The molecule has 0 aromatic heterocycles. The molecular formula is C11H11F3N2O5. The number of hydrogen-bond donors (Lipinski definition) is 1. The van der Waals surface area contributed by atoms with Gasteiger partial charge in [0, 0.05) is 6.07 Å². The summed E-state index contributed by atoms with van der Waals surface area (Å²) in [6, 6.07) is 3.60. The second-order valence-corrected chi connectivity index (χ2v) is 3.68. The Labute approximate surface area is 116 Å². The van der Waals surface area contributed by atoms with Gasteiger partial charge in [0.25, 0.3) is 11.6 Å². The zero-order chi connectivity index (χ0) is 16.0. The van der Waals surface area contributed by atoms with Gasteiger partial charge in [-0.3, -0.25) is 19.7 Å². The molecule has 0 bridgehead atoms. The molecule has 0 aliphatic heterocycles. The highest BCUT2D eigenvalue weighted by Crippen LogP contribution is 2.28. The van der Waals surface area contributed by atoms with Crippen LogP contribution in [0.4, 0.5) is 18.9 Å². The average molecular weight is 308 g/mol. The fourth-order valence-corrected chi connectivity index (χ4v) is 1.41. The molecule has 0 heterocycles. The Morgan fingerprint density at radius 3 is 2.62 bits per heavy atom. The first-order valence-corrected chi connectivity index (χ1v) is 5.65. The maximum Gasteiger partial charge on any atom is 0.414 e. The third-order valence-electron chi connectivity index (χ3n) is 2.13. The molecule has 0 atom stereocenters. The minimum atomic E-state index is -4.64. The van der Waals surface area contributed by atoms with Crippen LogP contribution >= 0.6 is 0 Å². The molecule has 1 aromatic carbocycles. The van der Waals surface area contributed by atoms with Crippen LogP contribution in [0.2, 0.25) is 0 Å². The number of amides is 1. The van der Waals surface area contributed by atoms with Crippen molar-refractivity contribution < 1.29 is 32.5 Å². The van der Waals surface area contributed by atoms with Crippen LogP contribution in [0.5, 0.6) is 5.75 Å². The maximum absolute atomic E-state index is 11.9. The van der Waals surface area contributed by atoms with Crippen LogP contribution in [-0.4, -0.2) is 30.2 Å². The highest BCUT2D eigenvalue weighted by Gasteiger charge is 2.30. The van der Waals surface area contributed by atoms with Crippen LogP contribution in [0.15, 0.2) is 18.2 Å². The number of carbonyl (C=O) groups is 1. The number of benzene rings is 1. The van der Waals surface area contributed by atoms with Gasteiger partial charge in [0.1, 0.15) is 5.75 Å². The van der Waals surface area contributed by atoms with Crippen LogP contribution in [-0.2, 0) is 4.84 Å². The average Bonchev–Trinajstić information content (AvgIpc) is 2.37. The Hall–Kier alpha value is -2.36. The van der Waals surface area contributed by atoms with Crippen LogP contribution in [0, 0.1) is 10.1 Å². The molecular weight excluding hydrogens is 297 g/mol. The van der Waals surface area contributed by atoms with Gasteiger partial charge < -0.3 is 4.74 Å². The number of nitro benzene ring substituents is 1. The topological polar surface area (TPSA) is 90.7 Å². The quantitative estimate of drug-likeness (QED) is 0.642. The van der Waals surface area contributed by atoms with Crippen molar-refractivity contribution in [2.45, 2.75) is 13.1 Å². The second kappa shape index (κ2) is 6.88. The fraction of sp³-hybridized carbons (Fsp3) is 0.364. The van der Waals surface area contributed by atoms with Crippen molar-refractivity contribution >= 4 is 11.6 Å². The molecule has 21 heavy (non-hydrogen) atoms. The van der Waals surface area contributed by atoms with E-state index in [1.165, 1.54) is 17.6 Å². The number of rotatable bonds is 6. The first-order valence-electron chi connectivity index (χ1n) is 5.65. The summed E-state index contributed by atoms with van der Waals surface area (Å²) in [7, 11) is 0. The van der Waals surface area contributed by atoms with Gasteiger partial charge in [-0.05, 0) is 13.0 Å². The molecule has 0 saturated heterocycles. The monoisotopic (exact) mass is 308 g/mol. The van der Waals surface area contributed by atoms with Crippen LogP contribution in [0.1, 0.15) is 17.3 Å². The van der Waals surface area contributed by atoms with Crippen molar-refractivity contribution in [2.24, 2.45) is 0 Å². The van der Waals surface area contributed by atoms with Crippen molar-refractivity contribution in [3.8, 4) is 5.75 Å². The summed E-state index contributed by atoms with van der Waals surface area (Å²) < 4.78 is 40.8. The first kappa shape index (κ1) is 16.7. The second-order valence-electron chi connectivity index (χ2n) is 3.68. The van der Waals surface area contributed by atoms with Crippen molar-refractivity contribution in [3.05, 3.63) is 33.9 Å². The van der Waals surface area contributed by atoms with E-state index in [1.807, 2.05) is 0 Å². The van der Waals surface area contributed by atoms with E-state index in [0.717, 1.165) is 6.07 Å². The SMILES string of the molecule is CCOc1cccc([N+](=O)[O-])c1C(=O)NOCC(F)(F)F. The number of nitrogens with one attached hydrogen (secondary N) is 1. The van der Waals surface area contributed by atoms with Gasteiger partial charge in [0.2, 0.25) is 0 Å². The Morgan fingerprint density at radius 1 is 1.43 bits per heavy atom. The van der Waals surface area contributed by atoms with Gasteiger partial charge in [-0.2, -0.15) is 13.2 Å². The lowest BCUT2D eigenvalue weighted by atomic mass is 10.1. The summed E-state index contributed by atoms with van der Waals surface area (Å²) in [5.74, 6) is -1.32. The van der Waals surface area contributed by atoms with E-state index in [2.05, 4.69) is 4.84 Å². The van der Waals surface area contributed by atoms with E-state index < -0.39 is 34.9 Å². The highest BCUT2D eigenvalue weighted by molar-refractivity contribution is 6.00. The van der Waals surface area contributed by atoms with Crippen molar-refractivity contribution in [1.82, 2.24) is 5.48 Å². The molecule has 7 nitrogen and oxygen atoms in total. The Bertz CT molecular complexity index is 533. The fourth-order valence-electron chi connectivity index (χ4n) is 1.41. The number of nitrogens with zero attached hydrogens (tertiary/aromatic N) is 1. The Morgan fingerprint density at radius 2 is 2.10 bits per heavy atom. The Kier molecular flexibility index (Phi) is 5.47. The zero-order valence-electron chi connectivity index (χ0n) is 10.8. The third-order valence-corrected chi connectivity index (χ3v) is 2.13. The first-order chi connectivity index (χ1) is 9.76. The largest absolute Gasteiger partial charge is 0.493 e. The van der Waals surface area contributed by atoms with Gasteiger partial charge >= 0.3 is 6.18 Å². The molecule has 1 aromatic rings. The van der Waals surface area contributed by atoms with E-state index in [9.17, 15) is 28.1 Å². The number of ether oxygens (including phenoxy) is 1. The molecule has 10 heteroatoms. The predicted molar refractivity (Wildman–Crippen MR) is 63.7 cm³/mol.